The Morgan fingerprint density at radius 3 is 2.37 bits per heavy atom. The number of nitrogens with zero attached hydrogens (tertiary/aromatic N) is 4. The number of hydrazone groups is 1. The van der Waals surface area contributed by atoms with Crippen molar-refractivity contribution >= 4 is 39.7 Å². The number of rotatable bonds is 8. The Morgan fingerprint density at radius 1 is 1.14 bits per heavy atom. The highest BCUT2D eigenvalue weighted by atomic mass is 35.5. The molecule has 1 aromatic heterocycles. The number of methoxy groups -OCH3 is 3. The standard InChI is InChI=1S/C25H27ClN4O4S/c1-15(31)30-19(13-18(28-30)17-11-20(32-3)22(34-5)21(12-17)33-4)23-24(26)27-25(35-23)29(2)14-16-9-7-6-8-10-16/h6-12,19H,13-14H2,1-5H3. The van der Waals surface area contributed by atoms with E-state index in [9.17, 15) is 4.79 Å². The molecule has 4 rings (SSSR count). The Bertz CT molecular complexity index is 1220. The normalized spacial score (nSPS) is 15.1. The van der Waals surface area contributed by atoms with E-state index in [-0.39, 0.29) is 11.9 Å². The summed E-state index contributed by atoms with van der Waals surface area (Å²) >= 11 is 8.07. The minimum Gasteiger partial charge on any atom is -0.493 e. The highest BCUT2D eigenvalue weighted by Gasteiger charge is 2.35. The lowest BCUT2D eigenvalue weighted by atomic mass is 10.0. The molecule has 0 fully saturated rings. The van der Waals surface area contributed by atoms with E-state index < -0.39 is 0 Å². The van der Waals surface area contributed by atoms with Crippen LogP contribution in [0, 0.1) is 0 Å². The van der Waals surface area contributed by atoms with Gasteiger partial charge in [-0.15, -0.1) is 0 Å². The lowest BCUT2D eigenvalue weighted by Crippen LogP contribution is -2.23. The van der Waals surface area contributed by atoms with Crippen LogP contribution in [-0.4, -0.2) is 50.0 Å². The van der Waals surface area contributed by atoms with Crippen molar-refractivity contribution in [1.29, 1.82) is 0 Å². The molecule has 1 aliphatic rings. The molecule has 0 saturated heterocycles. The zero-order chi connectivity index (χ0) is 25.1. The summed E-state index contributed by atoms with van der Waals surface area (Å²) in [6, 6.07) is 13.4. The second-order valence-electron chi connectivity index (χ2n) is 8.04. The van der Waals surface area contributed by atoms with Gasteiger partial charge in [-0.3, -0.25) is 4.79 Å². The topological polar surface area (TPSA) is 76.5 Å². The van der Waals surface area contributed by atoms with Gasteiger partial charge in [0.25, 0.3) is 0 Å². The van der Waals surface area contributed by atoms with Crippen molar-refractivity contribution in [3.8, 4) is 17.2 Å². The van der Waals surface area contributed by atoms with E-state index in [1.807, 2.05) is 42.3 Å². The Labute approximate surface area is 213 Å². The molecule has 0 N–H and O–H groups in total. The summed E-state index contributed by atoms with van der Waals surface area (Å²) in [5.41, 5.74) is 2.66. The first-order chi connectivity index (χ1) is 16.9. The number of thiazole rings is 1. The summed E-state index contributed by atoms with van der Waals surface area (Å²) in [5.74, 6) is 1.35. The summed E-state index contributed by atoms with van der Waals surface area (Å²) in [4.78, 5) is 20.0. The smallest absolute Gasteiger partial charge is 0.240 e. The van der Waals surface area contributed by atoms with Crippen molar-refractivity contribution in [1.82, 2.24) is 9.99 Å². The number of anilines is 1. The first kappa shape index (κ1) is 24.8. The van der Waals surface area contributed by atoms with Crippen LogP contribution in [0.4, 0.5) is 5.13 Å². The average molecular weight is 515 g/mol. The fraction of sp³-hybridized carbons (Fsp3) is 0.320. The van der Waals surface area contributed by atoms with Crippen LogP contribution in [0.3, 0.4) is 0 Å². The summed E-state index contributed by atoms with van der Waals surface area (Å²) < 4.78 is 16.4. The molecule has 3 aromatic rings. The van der Waals surface area contributed by atoms with Crippen molar-refractivity contribution in [2.24, 2.45) is 5.10 Å². The Kier molecular flexibility index (Phi) is 7.47. The molecule has 0 aliphatic carbocycles. The van der Waals surface area contributed by atoms with E-state index in [1.165, 1.54) is 28.8 Å². The van der Waals surface area contributed by atoms with Gasteiger partial charge in [0.05, 0.1) is 38.0 Å². The van der Waals surface area contributed by atoms with Gasteiger partial charge in [0, 0.05) is 32.5 Å². The quantitative estimate of drug-likeness (QED) is 0.413. The lowest BCUT2D eigenvalue weighted by Gasteiger charge is -2.19. The van der Waals surface area contributed by atoms with Crippen molar-refractivity contribution in [3.05, 3.63) is 63.6 Å². The third-order valence-corrected chi connectivity index (χ3v) is 7.39. The molecule has 0 bridgehead atoms. The molecule has 2 heterocycles. The Hall–Kier alpha value is -3.30. The van der Waals surface area contributed by atoms with Gasteiger partial charge in [0.1, 0.15) is 5.15 Å². The summed E-state index contributed by atoms with van der Waals surface area (Å²) in [6.45, 7) is 2.18. The largest absolute Gasteiger partial charge is 0.493 e. The van der Waals surface area contributed by atoms with E-state index in [1.54, 1.807) is 21.3 Å². The van der Waals surface area contributed by atoms with Crippen LogP contribution in [0.15, 0.2) is 47.6 Å². The maximum atomic E-state index is 12.5. The molecule has 0 spiro atoms. The Balaban J connectivity index is 1.64. The summed E-state index contributed by atoms with van der Waals surface area (Å²) in [6.07, 6.45) is 0.474. The fourth-order valence-electron chi connectivity index (χ4n) is 4.02. The maximum absolute atomic E-state index is 12.5. The predicted octanol–water partition coefficient (Wildman–Crippen LogP) is 5.16. The molecule has 1 unspecified atom stereocenters. The molecule has 1 aliphatic heterocycles. The molecule has 10 heteroatoms. The number of aromatic nitrogens is 1. The molecule has 35 heavy (non-hydrogen) atoms. The van der Waals surface area contributed by atoms with Gasteiger partial charge in [0.2, 0.25) is 11.7 Å². The minimum atomic E-state index is -0.356. The van der Waals surface area contributed by atoms with E-state index in [0.717, 1.165) is 15.6 Å². The van der Waals surface area contributed by atoms with Gasteiger partial charge in [0.15, 0.2) is 16.6 Å². The molecule has 0 radical (unpaired) electrons. The maximum Gasteiger partial charge on any atom is 0.240 e. The van der Waals surface area contributed by atoms with Gasteiger partial charge in [-0.05, 0) is 17.7 Å². The number of hydrogen-bond donors (Lipinski definition) is 0. The van der Waals surface area contributed by atoms with Gasteiger partial charge in [-0.1, -0.05) is 53.3 Å². The first-order valence-electron chi connectivity index (χ1n) is 10.9. The number of hydrogen-bond acceptors (Lipinski definition) is 8. The number of amides is 1. The zero-order valence-electron chi connectivity index (χ0n) is 20.2. The molecular weight excluding hydrogens is 488 g/mol. The van der Waals surface area contributed by atoms with Gasteiger partial charge < -0.3 is 19.1 Å². The highest BCUT2D eigenvalue weighted by molar-refractivity contribution is 7.16. The number of benzene rings is 2. The van der Waals surface area contributed by atoms with Gasteiger partial charge in [-0.2, -0.15) is 5.10 Å². The van der Waals surface area contributed by atoms with Crippen LogP contribution < -0.4 is 19.1 Å². The third-order valence-electron chi connectivity index (χ3n) is 5.72. The second kappa shape index (κ2) is 10.5. The predicted molar refractivity (Wildman–Crippen MR) is 138 cm³/mol. The van der Waals surface area contributed by atoms with E-state index >= 15 is 0 Å². The molecule has 8 nitrogen and oxygen atoms in total. The molecular formula is C25H27ClN4O4S. The molecule has 1 amide bonds. The Morgan fingerprint density at radius 2 is 1.80 bits per heavy atom. The van der Waals surface area contributed by atoms with Crippen LogP contribution in [-0.2, 0) is 11.3 Å². The van der Waals surface area contributed by atoms with E-state index in [2.05, 4.69) is 22.2 Å². The summed E-state index contributed by atoms with van der Waals surface area (Å²) in [5, 5.41) is 7.26. The zero-order valence-corrected chi connectivity index (χ0v) is 21.8. The number of ether oxygens (including phenoxy) is 3. The van der Waals surface area contributed by atoms with E-state index in [4.69, 9.17) is 25.8 Å². The fourth-order valence-corrected chi connectivity index (χ4v) is 5.40. The molecule has 1 atom stereocenters. The molecule has 2 aromatic carbocycles. The second-order valence-corrected chi connectivity index (χ2v) is 9.40. The van der Waals surface area contributed by atoms with Crippen molar-refractivity contribution in [2.75, 3.05) is 33.3 Å². The number of halogens is 1. The van der Waals surface area contributed by atoms with Crippen molar-refractivity contribution in [3.63, 3.8) is 0 Å². The van der Waals surface area contributed by atoms with Gasteiger partial charge in [-0.25, -0.2) is 9.99 Å². The van der Waals surface area contributed by atoms with Crippen LogP contribution in [0.1, 0.15) is 35.4 Å². The third kappa shape index (κ3) is 5.06. The van der Waals surface area contributed by atoms with Crippen molar-refractivity contribution in [2.45, 2.75) is 25.9 Å². The summed E-state index contributed by atoms with van der Waals surface area (Å²) in [7, 11) is 6.65. The lowest BCUT2D eigenvalue weighted by molar-refractivity contribution is -0.130. The van der Waals surface area contributed by atoms with Crippen LogP contribution in [0.5, 0.6) is 17.2 Å². The minimum absolute atomic E-state index is 0.180. The monoisotopic (exact) mass is 514 g/mol. The van der Waals surface area contributed by atoms with Gasteiger partial charge >= 0.3 is 0 Å². The number of carbonyl (C=O) groups excluding carboxylic acids is 1. The number of carbonyl (C=O) groups is 1. The average Bonchev–Trinajstić information content (AvgIpc) is 3.47. The first-order valence-corrected chi connectivity index (χ1v) is 12.1. The van der Waals surface area contributed by atoms with Crippen LogP contribution in [0.2, 0.25) is 5.15 Å². The highest BCUT2D eigenvalue weighted by Crippen LogP contribution is 2.44. The molecule has 0 saturated carbocycles. The van der Waals surface area contributed by atoms with E-state index in [0.29, 0.717) is 41.1 Å². The molecule has 184 valence electrons. The SMILES string of the molecule is COc1cc(C2=NN(C(C)=O)C(c3sc(N(C)Cc4ccccc4)nc3Cl)C2)cc(OC)c1OC. The van der Waals surface area contributed by atoms with Crippen molar-refractivity contribution < 1.29 is 19.0 Å². The van der Waals surface area contributed by atoms with Crippen LogP contribution in [0.25, 0.3) is 0 Å². The van der Waals surface area contributed by atoms with Crippen LogP contribution >= 0.6 is 22.9 Å².